The Bertz CT molecular complexity index is 379. The Balaban J connectivity index is 2.70. The molecule has 2 heteroatoms. The van der Waals surface area contributed by atoms with Gasteiger partial charge < -0.3 is 10.4 Å². The summed E-state index contributed by atoms with van der Waals surface area (Å²) in [5.41, 5.74) is 4.34. The lowest BCUT2D eigenvalue weighted by Gasteiger charge is -2.21. The molecule has 1 atom stereocenters. The summed E-state index contributed by atoms with van der Waals surface area (Å²) in [5.74, 6) is 0. The maximum absolute atomic E-state index is 8.97. The van der Waals surface area contributed by atoms with Gasteiger partial charge in [-0.15, -0.1) is 0 Å². The van der Waals surface area contributed by atoms with Crippen LogP contribution in [0.3, 0.4) is 0 Å². The van der Waals surface area contributed by atoms with Gasteiger partial charge in [-0.2, -0.15) is 0 Å². The molecule has 1 aromatic carbocycles. The van der Waals surface area contributed by atoms with E-state index in [2.05, 4.69) is 51.2 Å². The second-order valence-electron chi connectivity index (χ2n) is 6.18. The highest BCUT2D eigenvalue weighted by atomic mass is 16.3. The minimum Gasteiger partial charge on any atom is -0.395 e. The lowest BCUT2D eigenvalue weighted by Crippen LogP contribution is -2.31. The Kier molecular flexibility index (Phi) is 5.36. The zero-order valence-corrected chi connectivity index (χ0v) is 12.4. The summed E-state index contributed by atoms with van der Waals surface area (Å²) >= 11 is 0. The molecule has 0 saturated carbocycles. The molecule has 18 heavy (non-hydrogen) atoms. The quantitative estimate of drug-likeness (QED) is 0.841. The summed E-state index contributed by atoms with van der Waals surface area (Å²) in [7, 11) is 0. The van der Waals surface area contributed by atoms with Gasteiger partial charge in [0.15, 0.2) is 0 Å². The van der Waals surface area contributed by atoms with E-state index in [9.17, 15) is 0 Å². The van der Waals surface area contributed by atoms with Crippen molar-refractivity contribution in [2.75, 3.05) is 13.2 Å². The number of aryl methyl sites for hydroxylation is 1. The van der Waals surface area contributed by atoms with Crippen molar-refractivity contribution < 1.29 is 5.11 Å². The van der Waals surface area contributed by atoms with Crippen LogP contribution in [0.4, 0.5) is 0 Å². The highest BCUT2D eigenvalue weighted by Crippen LogP contribution is 2.24. The Morgan fingerprint density at radius 3 is 2.50 bits per heavy atom. The van der Waals surface area contributed by atoms with Crippen molar-refractivity contribution in [2.24, 2.45) is 0 Å². The molecule has 2 N–H and O–H groups in total. The maximum Gasteiger partial charge on any atom is 0.0581 e. The van der Waals surface area contributed by atoms with E-state index in [0.717, 1.165) is 13.0 Å². The molecule has 0 saturated heterocycles. The monoisotopic (exact) mass is 249 g/mol. The van der Waals surface area contributed by atoms with Crippen LogP contribution in [0.5, 0.6) is 0 Å². The lowest BCUT2D eigenvalue weighted by molar-refractivity contribution is 0.252. The number of hydrogen-bond donors (Lipinski definition) is 2. The minimum atomic E-state index is 0.177. The van der Waals surface area contributed by atoms with Crippen LogP contribution >= 0.6 is 0 Å². The van der Waals surface area contributed by atoms with Crippen LogP contribution in [0.1, 0.15) is 44.4 Å². The number of nitrogens with one attached hydrogen (secondary N) is 1. The molecule has 0 bridgehead atoms. The normalized spacial score (nSPS) is 13.7. The molecule has 0 aliphatic rings. The molecule has 2 nitrogen and oxygen atoms in total. The third-order valence-electron chi connectivity index (χ3n) is 3.38. The van der Waals surface area contributed by atoms with E-state index in [1.54, 1.807) is 0 Å². The third-order valence-corrected chi connectivity index (χ3v) is 3.38. The number of aliphatic hydroxyl groups excluding tert-OH is 1. The van der Waals surface area contributed by atoms with Crippen molar-refractivity contribution in [3.05, 3.63) is 34.9 Å². The Morgan fingerprint density at radius 1 is 1.28 bits per heavy atom. The van der Waals surface area contributed by atoms with Gasteiger partial charge in [0.2, 0.25) is 0 Å². The molecule has 0 aromatic heterocycles. The minimum absolute atomic E-state index is 0.177. The first-order valence-corrected chi connectivity index (χ1v) is 6.79. The Morgan fingerprint density at radius 2 is 1.94 bits per heavy atom. The van der Waals surface area contributed by atoms with E-state index in [4.69, 9.17) is 5.11 Å². The molecule has 102 valence electrons. The summed E-state index contributed by atoms with van der Waals surface area (Å²) in [4.78, 5) is 0. The van der Waals surface area contributed by atoms with Crippen molar-refractivity contribution in [3.63, 3.8) is 0 Å². The summed E-state index contributed by atoms with van der Waals surface area (Å²) < 4.78 is 0. The maximum atomic E-state index is 8.97. The summed E-state index contributed by atoms with van der Waals surface area (Å²) in [5, 5.41) is 12.3. The standard InChI is InChI=1S/C16H27NO/c1-12-6-7-15(16(3,4)5)10-14(12)8-9-17-13(2)11-18/h6-7,10,13,17-18H,8-9,11H2,1-5H3. The van der Waals surface area contributed by atoms with E-state index in [1.807, 2.05) is 6.92 Å². The Labute approximate surface area is 111 Å². The molecular formula is C16H27NO. The van der Waals surface area contributed by atoms with Crippen LogP contribution in [0, 0.1) is 6.92 Å². The molecule has 0 aliphatic carbocycles. The first-order valence-electron chi connectivity index (χ1n) is 6.79. The van der Waals surface area contributed by atoms with Gasteiger partial charge in [0.1, 0.15) is 0 Å². The predicted molar refractivity (Wildman–Crippen MR) is 78.1 cm³/mol. The largest absolute Gasteiger partial charge is 0.395 e. The van der Waals surface area contributed by atoms with Gasteiger partial charge >= 0.3 is 0 Å². The SMILES string of the molecule is Cc1ccc(C(C)(C)C)cc1CCNC(C)CO. The van der Waals surface area contributed by atoms with E-state index in [1.165, 1.54) is 16.7 Å². The van der Waals surface area contributed by atoms with Crippen molar-refractivity contribution in [1.29, 1.82) is 0 Å². The topological polar surface area (TPSA) is 32.3 Å². The van der Waals surface area contributed by atoms with Gasteiger partial charge in [-0.25, -0.2) is 0 Å². The van der Waals surface area contributed by atoms with Gasteiger partial charge in [-0.3, -0.25) is 0 Å². The molecular weight excluding hydrogens is 222 g/mol. The number of aliphatic hydroxyl groups is 1. The first kappa shape index (κ1) is 15.2. The van der Waals surface area contributed by atoms with Crippen molar-refractivity contribution in [3.8, 4) is 0 Å². The van der Waals surface area contributed by atoms with Gasteiger partial charge in [-0.05, 0) is 48.9 Å². The fourth-order valence-corrected chi connectivity index (χ4v) is 1.93. The van der Waals surface area contributed by atoms with Crippen molar-refractivity contribution >= 4 is 0 Å². The Hall–Kier alpha value is -0.860. The van der Waals surface area contributed by atoms with E-state index in [-0.39, 0.29) is 18.1 Å². The van der Waals surface area contributed by atoms with Gasteiger partial charge in [0.05, 0.1) is 6.61 Å². The van der Waals surface area contributed by atoms with Gasteiger partial charge in [0, 0.05) is 6.04 Å². The lowest BCUT2D eigenvalue weighted by atomic mass is 9.85. The fourth-order valence-electron chi connectivity index (χ4n) is 1.93. The van der Waals surface area contributed by atoms with E-state index in [0.29, 0.717) is 0 Å². The molecule has 0 fully saturated rings. The first-order chi connectivity index (χ1) is 8.34. The number of hydrogen-bond acceptors (Lipinski definition) is 2. The molecule has 1 aromatic rings. The third kappa shape index (κ3) is 4.43. The summed E-state index contributed by atoms with van der Waals surface area (Å²) in [6, 6.07) is 6.94. The van der Waals surface area contributed by atoms with E-state index >= 15 is 0 Å². The van der Waals surface area contributed by atoms with Crippen LogP contribution in [0.25, 0.3) is 0 Å². The van der Waals surface area contributed by atoms with Crippen LogP contribution in [-0.2, 0) is 11.8 Å². The fraction of sp³-hybridized carbons (Fsp3) is 0.625. The van der Waals surface area contributed by atoms with E-state index < -0.39 is 0 Å². The summed E-state index contributed by atoms with van der Waals surface area (Å²) in [6.07, 6.45) is 1.01. The smallest absolute Gasteiger partial charge is 0.0581 e. The van der Waals surface area contributed by atoms with Crippen LogP contribution in [-0.4, -0.2) is 24.3 Å². The van der Waals surface area contributed by atoms with Gasteiger partial charge in [-0.1, -0.05) is 39.0 Å². The average Bonchev–Trinajstić information content (AvgIpc) is 2.29. The van der Waals surface area contributed by atoms with Gasteiger partial charge in [0.25, 0.3) is 0 Å². The molecule has 0 spiro atoms. The molecule has 0 radical (unpaired) electrons. The zero-order chi connectivity index (χ0) is 13.8. The van der Waals surface area contributed by atoms with Crippen molar-refractivity contribution in [1.82, 2.24) is 5.32 Å². The average molecular weight is 249 g/mol. The molecule has 0 amide bonds. The second kappa shape index (κ2) is 6.35. The molecule has 0 heterocycles. The predicted octanol–water partition coefficient (Wildman–Crippen LogP) is 2.81. The highest BCUT2D eigenvalue weighted by Gasteiger charge is 2.14. The number of rotatable bonds is 5. The highest BCUT2D eigenvalue weighted by molar-refractivity contribution is 5.34. The molecule has 1 rings (SSSR count). The summed E-state index contributed by atoms with van der Waals surface area (Å²) in [6.45, 7) is 12.0. The van der Waals surface area contributed by atoms with Crippen LogP contribution in [0.15, 0.2) is 18.2 Å². The molecule has 1 unspecified atom stereocenters. The molecule has 0 aliphatic heterocycles. The number of benzene rings is 1. The zero-order valence-electron chi connectivity index (χ0n) is 12.4. The van der Waals surface area contributed by atoms with Crippen LogP contribution < -0.4 is 5.32 Å². The van der Waals surface area contributed by atoms with Crippen molar-refractivity contribution in [2.45, 2.75) is 52.5 Å². The van der Waals surface area contributed by atoms with Crippen LogP contribution in [0.2, 0.25) is 0 Å². The second-order valence-corrected chi connectivity index (χ2v) is 6.18.